The minimum atomic E-state index is 0.300. The summed E-state index contributed by atoms with van der Waals surface area (Å²) in [5.74, 6) is 3.16. The molecule has 1 aromatic heterocycles. The van der Waals surface area contributed by atoms with Crippen molar-refractivity contribution < 1.29 is 4.74 Å². The topological polar surface area (TPSA) is 47.0 Å². The third-order valence-electron chi connectivity index (χ3n) is 2.79. The lowest BCUT2D eigenvalue weighted by atomic mass is 10.1. The van der Waals surface area contributed by atoms with E-state index in [1.54, 1.807) is 0 Å². The monoisotopic (exact) mass is 251 g/mol. The molecule has 1 atom stereocenters. The zero-order chi connectivity index (χ0) is 13.5. The Morgan fingerprint density at radius 1 is 1.28 bits per heavy atom. The third kappa shape index (κ3) is 4.51. The molecule has 0 aliphatic rings. The zero-order valence-corrected chi connectivity index (χ0v) is 12.2. The minimum absolute atomic E-state index is 0.300. The van der Waals surface area contributed by atoms with Crippen molar-refractivity contribution in [3.8, 4) is 5.88 Å². The van der Waals surface area contributed by atoms with E-state index in [1.807, 2.05) is 13.1 Å². The van der Waals surface area contributed by atoms with Crippen LogP contribution in [0.1, 0.15) is 52.3 Å². The Balaban J connectivity index is 2.72. The van der Waals surface area contributed by atoms with Crippen molar-refractivity contribution >= 4 is 5.82 Å². The predicted octanol–water partition coefficient (Wildman–Crippen LogP) is 3.46. The number of aromatic nitrogens is 2. The second-order valence-corrected chi connectivity index (χ2v) is 5.06. The van der Waals surface area contributed by atoms with E-state index in [0.29, 0.717) is 24.3 Å². The van der Waals surface area contributed by atoms with Gasteiger partial charge in [0.15, 0.2) is 0 Å². The fraction of sp³-hybridized carbons (Fsp3) is 0.714. The highest BCUT2D eigenvalue weighted by atomic mass is 16.5. The van der Waals surface area contributed by atoms with Gasteiger partial charge in [-0.3, -0.25) is 0 Å². The lowest BCUT2D eigenvalue weighted by Crippen LogP contribution is -2.11. The standard InChI is InChI=1S/C14H25N3O/c1-6-7-11(4)9-18-13-8-12(15-5)16-14(17-13)10(2)3/h8,10-11H,6-7,9H2,1-5H3,(H,15,16,17). The molecule has 0 bridgehead atoms. The van der Waals surface area contributed by atoms with E-state index >= 15 is 0 Å². The number of hydrogen-bond donors (Lipinski definition) is 1. The average Bonchev–Trinajstić information content (AvgIpc) is 2.36. The van der Waals surface area contributed by atoms with Crippen molar-refractivity contribution in [3.63, 3.8) is 0 Å². The molecule has 0 fully saturated rings. The Labute approximate surface area is 110 Å². The first-order valence-corrected chi connectivity index (χ1v) is 6.76. The summed E-state index contributed by atoms with van der Waals surface area (Å²) in [5.41, 5.74) is 0. The molecule has 1 unspecified atom stereocenters. The normalized spacial score (nSPS) is 12.6. The van der Waals surface area contributed by atoms with Gasteiger partial charge in [0.1, 0.15) is 11.6 Å². The lowest BCUT2D eigenvalue weighted by molar-refractivity contribution is 0.242. The SMILES string of the molecule is CCCC(C)COc1cc(NC)nc(C(C)C)n1. The molecule has 18 heavy (non-hydrogen) atoms. The maximum atomic E-state index is 5.76. The fourth-order valence-corrected chi connectivity index (χ4v) is 1.71. The highest BCUT2D eigenvalue weighted by Crippen LogP contribution is 2.19. The largest absolute Gasteiger partial charge is 0.477 e. The van der Waals surface area contributed by atoms with Crippen LogP contribution in [0.4, 0.5) is 5.82 Å². The van der Waals surface area contributed by atoms with E-state index in [-0.39, 0.29) is 0 Å². The molecular weight excluding hydrogens is 226 g/mol. The Bertz CT molecular complexity index is 366. The summed E-state index contributed by atoms with van der Waals surface area (Å²) in [7, 11) is 1.86. The first kappa shape index (κ1) is 14.7. The summed E-state index contributed by atoms with van der Waals surface area (Å²) in [6.45, 7) is 9.27. The highest BCUT2D eigenvalue weighted by molar-refractivity contribution is 5.38. The van der Waals surface area contributed by atoms with Gasteiger partial charge in [-0.25, -0.2) is 4.98 Å². The fourth-order valence-electron chi connectivity index (χ4n) is 1.71. The maximum Gasteiger partial charge on any atom is 0.218 e. The molecule has 4 heteroatoms. The van der Waals surface area contributed by atoms with Gasteiger partial charge in [-0.2, -0.15) is 4.98 Å². The molecule has 0 saturated heterocycles. The summed E-state index contributed by atoms with van der Waals surface area (Å²) < 4.78 is 5.76. The van der Waals surface area contributed by atoms with Crippen molar-refractivity contribution in [2.75, 3.05) is 19.0 Å². The number of nitrogens with one attached hydrogen (secondary N) is 1. The van der Waals surface area contributed by atoms with Gasteiger partial charge >= 0.3 is 0 Å². The van der Waals surface area contributed by atoms with Crippen LogP contribution in [0, 0.1) is 5.92 Å². The second kappa shape index (κ2) is 7.19. The summed E-state index contributed by atoms with van der Waals surface area (Å²) in [5, 5.41) is 3.04. The van der Waals surface area contributed by atoms with Crippen LogP contribution in [0.2, 0.25) is 0 Å². The van der Waals surface area contributed by atoms with E-state index in [9.17, 15) is 0 Å². The highest BCUT2D eigenvalue weighted by Gasteiger charge is 2.09. The lowest BCUT2D eigenvalue weighted by Gasteiger charge is -2.13. The maximum absolute atomic E-state index is 5.76. The Morgan fingerprint density at radius 3 is 2.56 bits per heavy atom. The summed E-state index contributed by atoms with van der Waals surface area (Å²) in [6, 6.07) is 1.85. The van der Waals surface area contributed by atoms with E-state index < -0.39 is 0 Å². The summed E-state index contributed by atoms with van der Waals surface area (Å²) in [6.07, 6.45) is 2.37. The summed E-state index contributed by atoms with van der Waals surface area (Å²) in [4.78, 5) is 8.85. The van der Waals surface area contributed by atoms with Crippen LogP contribution in [-0.4, -0.2) is 23.6 Å². The number of anilines is 1. The molecule has 1 rings (SSSR count). The molecular formula is C14H25N3O. The third-order valence-corrected chi connectivity index (χ3v) is 2.79. The van der Waals surface area contributed by atoms with Gasteiger partial charge < -0.3 is 10.1 Å². The van der Waals surface area contributed by atoms with Crippen LogP contribution in [0.5, 0.6) is 5.88 Å². The molecule has 0 aliphatic heterocycles. The molecule has 4 nitrogen and oxygen atoms in total. The van der Waals surface area contributed by atoms with E-state index in [0.717, 1.165) is 11.6 Å². The molecule has 0 spiro atoms. The molecule has 0 aromatic carbocycles. The van der Waals surface area contributed by atoms with Crippen molar-refractivity contribution in [2.24, 2.45) is 5.92 Å². The van der Waals surface area contributed by atoms with Gasteiger partial charge in [-0.1, -0.05) is 34.1 Å². The predicted molar refractivity (Wildman–Crippen MR) is 75.2 cm³/mol. The minimum Gasteiger partial charge on any atom is -0.477 e. The van der Waals surface area contributed by atoms with Gasteiger partial charge in [0.05, 0.1) is 6.61 Å². The van der Waals surface area contributed by atoms with Gasteiger partial charge in [0.2, 0.25) is 5.88 Å². The molecule has 1 aromatic rings. The number of hydrogen-bond acceptors (Lipinski definition) is 4. The number of nitrogens with zero attached hydrogens (tertiary/aromatic N) is 2. The van der Waals surface area contributed by atoms with Crippen molar-refractivity contribution in [1.29, 1.82) is 0 Å². The van der Waals surface area contributed by atoms with Crippen molar-refractivity contribution in [2.45, 2.75) is 46.5 Å². The van der Waals surface area contributed by atoms with Crippen LogP contribution >= 0.6 is 0 Å². The number of ether oxygens (including phenoxy) is 1. The van der Waals surface area contributed by atoms with Crippen LogP contribution < -0.4 is 10.1 Å². The Hall–Kier alpha value is -1.32. The quantitative estimate of drug-likeness (QED) is 0.806. The Morgan fingerprint density at radius 2 is 2.00 bits per heavy atom. The summed E-state index contributed by atoms with van der Waals surface area (Å²) >= 11 is 0. The van der Waals surface area contributed by atoms with E-state index in [2.05, 4.69) is 43.0 Å². The first-order valence-electron chi connectivity index (χ1n) is 6.76. The molecule has 0 radical (unpaired) electrons. The van der Waals surface area contributed by atoms with Crippen LogP contribution in [0.15, 0.2) is 6.07 Å². The number of rotatable bonds is 7. The smallest absolute Gasteiger partial charge is 0.218 e. The van der Waals surface area contributed by atoms with Crippen LogP contribution in [0.25, 0.3) is 0 Å². The zero-order valence-electron chi connectivity index (χ0n) is 12.2. The average molecular weight is 251 g/mol. The van der Waals surface area contributed by atoms with Crippen molar-refractivity contribution in [1.82, 2.24) is 9.97 Å². The first-order chi connectivity index (χ1) is 8.56. The van der Waals surface area contributed by atoms with Gasteiger partial charge in [0, 0.05) is 19.0 Å². The Kier molecular flexibility index (Phi) is 5.89. The van der Waals surface area contributed by atoms with E-state index in [4.69, 9.17) is 4.74 Å². The van der Waals surface area contributed by atoms with Crippen LogP contribution in [-0.2, 0) is 0 Å². The molecule has 0 amide bonds. The van der Waals surface area contributed by atoms with Crippen LogP contribution in [0.3, 0.4) is 0 Å². The molecule has 1 heterocycles. The molecule has 102 valence electrons. The van der Waals surface area contributed by atoms with Gasteiger partial charge in [-0.15, -0.1) is 0 Å². The van der Waals surface area contributed by atoms with Gasteiger partial charge in [-0.05, 0) is 12.3 Å². The van der Waals surface area contributed by atoms with Crippen molar-refractivity contribution in [3.05, 3.63) is 11.9 Å². The molecule has 0 aliphatic carbocycles. The molecule has 0 saturated carbocycles. The second-order valence-electron chi connectivity index (χ2n) is 5.06. The van der Waals surface area contributed by atoms with E-state index in [1.165, 1.54) is 12.8 Å². The molecule has 1 N–H and O–H groups in total. The van der Waals surface area contributed by atoms with Gasteiger partial charge in [0.25, 0.3) is 0 Å².